The molecule has 3 aromatic heterocycles. The van der Waals surface area contributed by atoms with E-state index < -0.39 is 40.4 Å². The minimum Gasteiger partial charge on any atom is -0.463 e. The zero-order chi connectivity index (χ0) is 39.9. The van der Waals surface area contributed by atoms with Crippen LogP contribution in [-0.2, 0) is 27.4 Å². The van der Waals surface area contributed by atoms with Crippen LogP contribution in [0.4, 0.5) is 29.2 Å². The van der Waals surface area contributed by atoms with Gasteiger partial charge in [0.2, 0.25) is 0 Å². The standard InChI is InChI=1S/C39H43F2N7O7S/c1-37(2,3)54-35(50)46-33-21(11-42)26-29(43-12-24(40)31(26)56-33)25-22-15-52-16-23(22)27-30(28(25)41)44-34(53-18-39(17-49)9-10-39)45-32(27)48-19-7-8-20(48)14-47(13-19)36(51)55-38(4,5)6/h12,19-20,49H,7-10,13-18H2,1-6H3,(H,46,50). The van der Waals surface area contributed by atoms with E-state index in [0.29, 0.717) is 35.4 Å². The van der Waals surface area contributed by atoms with Crippen LogP contribution in [0.2, 0.25) is 0 Å². The maximum Gasteiger partial charge on any atom is 0.412 e. The number of thiophene rings is 1. The van der Waals surface area contributed by atoms with Crippen molar-refractivity contribution in [3.8, 4) is 23.3 Å². The minimum atomic E-state index is -0.841. The molecule has 1 saturated carbocycles. The minimum absolute atomic E-state index is 0.00432. The fraction of sp³-hybridized carbons (Fsp3) is 0.538. The molecule has 2 saturated heterocycles. The quantitative estimate of drug-likeness (QED) is 0.194. The summed E-state index contributed by atoms with van der Waals surface area (Å²) in [6, 6.07) is 1.64. The van der Waals surface area contributed by atoms with Gasteiger partial charge in [0.25, 0.3) is 0 Å². The third kappa shape index (κ3) is 6.81. The van der Waals surface area contributed by atoms with Crippen molar-refractivity contribution in [2.45, 2.75) is 104 Å². The van der Waals surface area contributed by atoms with Crippen LogP contribution in [0.1, 0.15) is 83.9 Å². The Morgan fingerprint density at radius 3 is 2.36 bits per heavy atom. The number of carbonyl (C=O) groups excluding carboxylic acids is 2. The Morgan fingerprint density at radius 1 is 1.05 bits per heavy atom. The third-order valence-corrected chi connectivity index (χ3v) is 11.7. The number of benzene rings is 1. The fourth-order valence-corrected chi connectivity index (χ4v) is 8.85. The highest BCUT2D eigenvalue weighted by molar-refractivity contribution is 7.23. The van der Waals surface area contributed by atoms with Crippen LogP contribution in [0.3, 0.4) is 0 Å². The number of aliphatic hydroxyl groups is 1. The Labute approximate surface area is 325 Å². The van der Waals surface area contributed by atoms with Crippen molar-refractivity contribution in [1.82, 2.24) is 19.9 Å². The molecule has 6 heterocycles. The van der Waals surface area contributed by atoms with Crippen molar-refractivity contribution in [3.63, 3.8) is 0 Å². The molecule has 1 aromatic carbocycles. The Hall–Kier alpha value is -4.92. The Morgan fingerprint density at radius 2 is 1.73 bits per heavy atom. The first kappa shape index (κ1) is 38.0. The number of carbonyl (C=O) groups is 2. The molecule has 0 spiro atoms. The van der Waals surface area contributed by atoms with Crippen molar-refractivity contribution < 1.29 is 42.4 Å². The first-order valence-corrected chi connectivity index (χ1v) is 19.5. The molecule has 1 aliphatic carbocycles. The van der Waals surface area contributed by atoms with Crippen LogP contribution in [0, 0.1) is 28.4 Å². The van der Waals surface area contributed by atoms with Crippen LogP contribution < -0.4 is 15.0 Å². The second-order valence-electron chi connectivity index (χ2n) is 17.0. The second kappa shape index (κ2) is 13.6. The fourth-order valence-electron chi connectivity index (χ4n) is 7.81. The van der Waals surface area contributed by atoms with E-state index in [-0.39, 0.29) is 81.9 Å². The lowest BCUT2D eigenvalue weighted by Gasteiger charge is -2.42. The van der Waals surface area contributed by atoms with Gasteiger partial charge >= 0.3 is 18.2 Å². The lowest BCUT2D eigenvalue weighted by atomic mass is 9.93. The average molecular weight is 792 g/mol. The highest BCUT2D eigenvalue weighted by Gasteiger charge is 2.46. The van der Waals surface area contributed by atoms with E-state index in [0.717, 1.165) is 43.2 Å². The van der Waals surface area contributed by atoms with Gasteiger partial charge in [0.1, 0.15) is 33.6 Å². The van der Waals surface area contributed by atoms with E-state index >= 15 is 8.78 Å². The number of aliphatic hydroxyl groups excluding tert-OH is 1. The topological polar surface area (TPSA) is 172 Å². The van der Waals surface area contributed by atoms with Crippen LogP contribution in [-0.4, -0.2) is 86.7 Å². The highest BCUT2D eigenvalue weighted by Crippen LogP contribution is 2.49. The molecule has 3 fully saturated rings. The van der Waals surface area contributed by atoms with Crippen LogP contribution in [0.5, 0.6) is 6.01 Å². The van der Waals surface area contributed by atoms with Gasteiger partial charge in [-0.25, -0.2) is 18.4 Å². The molecule has 2 amide bonds. The summed E-state index contributed by atoms with van der Waals surface area (Å²) in [4.78, 5) is 43.7. The van der Waals surface area contributed by atoms with E-state index in [2.05, 4.69) is 26.3 Å². The average Bonchev–Trinajstić information content (AvgIpc) is 3.43. The highest BCUT2D eigenvalue weighted by atomic mass is 32.1. The molecule has 2 atom stereocenters. The van der Waals surface area contributed by atoms with Gasteiger partial charge in [-0.2, -0.15) is 15.2 Å². The van der Waals surface area contributed by atoms with Gasteiger partial charge in [-0.15, -0.1) is 11.3 Å². The van der Waals surface area contributed by atoms with Gasteiger partial charge in [0.15, 0.2) is 11.6 Å². The number of aromatic nitrogens is 3. The monoisotopic (exact) mass is 791 g/mol. The number of pyridine rings is 1. The van der Waals surface area contributed by atoms with Crippen LogP contribution in [0.25, 0.3) is 32.2 Å². The molecule has 4 aliphatic rings. The summed E-state index contributed by atoms with van der Waals surface area (Å²) >= 11 is 0.821. The van der Waals surface area contributed by atoms with E-state index in [9.17, 15) is 20.0 Å². The number of amides is 2. The molecular weight excluding hydrogens is 749 g/mol. The van der Waals surface area contributed by atoms with Crippen molar-refractivity contribution in [2.75, 3.05) is 36.5 Å². The summed E-state index contributed by atoms with van der Waals surface area (Å²) in [5, 5.41) is 23.4. The molecule has 14 nitrogen and oxygen atoms in total. The molecule has 4 aromatic rings. The first-order valence-electron chi connectivity index (χ1n) is 18.6. The van der Waals surface area contributed by atoms with Crippen LogP contribution in [0.15, 0.2) is 6.20 Å². The van der Waals surface area contributed by atoms with Crippen molar-refractivity contribution in [3.05, 3.63) is 34.5 Å². The summed E-state index contributed by atoms with van der Waals surface area (Å²) < 4.78 is 56.3. The largest absolute Gasteiger partial charge is 0.463 e. The van der Waals surface area contributed by atoms with Crippen molar-refractivity contribution >= 4 is 55.3 Å². The van der Waals surface area contributed by atoms with E-state index in [1.165, 1.54) is 0 Å². The smallest absolute Gasteiger partial charge is 0.412 e. The molecule has 17 heteroatoms. The van der Waals surface area contributed by atoms with Crippen LogP contribution >= 0.6 is 11.3 Å². The number of fused-ring (bicyclic) bond motifs is 6. The Bertz CT molecular complexity index is 2320. The van der Waals surface area contributed by atoms with E-state index in [4.69, 9.17) is 23.9 Å². The Kier molecular flexibility index (Phi) is 9.24. The number of ether oxygens (including phenoxy) is 4. The number of hydrogen-bond acceptors (Lipinski definition) is 13. The maximum absolute atomic E-state index is 17.7. The number of hydrogen-bond donors (Lipinski definition) is 2. The lowest BCUT2D eigenvalue weighted by molar-refractivity contribution is 0.0209. The zero-order valence-corrected chi connectivity index (χ0v) is 32.9. The summed E-state index contributed by atoms with van der Waals surface area (Å²) in [7, 11) is 0. The number of nitrogens with one attached hydrogen (secondary N) is 1. The summed E-state index contributed by atoms with van der Waals surface area (Å²) in [5.74, 6) is -1.11. The van der Waals surface area contributed by atoms with Gasteiger partial charge in [-0.1, -0.05) is 0 Å². The van der Waals surface area contributed by atoms with Crippen molar-refractivity contribution in [2.24, 2.45) is 5.41 Å². The molecule has 2 N–H and O–H groups in total. The lowest BCUT2D eigenvalue weighted by Crippen LogP contribution is -2.56. The number of rotatable bonds is 7. The summed E-state index contributed by atoms with van der Waals surface area (Å²) in [6.45, 7) is 11.4. The molecular formula is C39H43F2N7O7S. The van der Waals surface area contributed by atoms with Gasteiger partial charge < -0.3 is 33.9 Å². The normalized spacial score (nSPS) is 19.9. The number of likely N-dealkylation sites (tertiary alicyclic amines) is 1. The number of nitrogens with zero attached hydrogens (tertiary/aromatic N) is 6. The predicted octanol–water partition coefficient (Wildman–Crippen LogP) is 7.17. The molecule has 8 rings (SSSR count). The molecule has 56 heavy (non-hydrogen) atoms. The predicted molar refractivity (Wildman–Crippen MR) is 202 cm³/mol. The van der Waals surface area contributed by atoms with Gasteiger partial charge in [-0.3, -0.25) is 10.3 Å². The van der Waals surface area contributed by atoms with Crippen molar-refractivity contribution in [1.29, 1.82) is 5.26 Å². The number of halogens is 2. The number of piperazine rings is 1. The zero-order valence-electron chi connectivity index (χ0n) is 32.0. The molecule has 296 valence electrons. The maximum atomic E-state index is 17.7. The molecule has 3 aliphatic heterocycles. The number of anilines is 2. The molecule has 0 radical (unpaired) electrons. The van der Waals surface area contributed by atoms with Gasteiger partial charge in [-0.05, 0) is 78.4 Å². The number of nitriles is 1. The molecule has 2 bridgehead atoms. The second-order valence-corrected chi connectivity index (χ2v) is 18.0. The molecule has 2 unspecified atom stereocenters. The first-order chi connectivity index (χ1) is 26.5. The Balaban J connectivity index is 1.29. The summed E-state index contributed by atoms with van der Waals surface area (Å²) in [6.07, 6.45) is 2.77. The van der Waals surface area contributed by atoms with E-state index in [1.54, 1.807) is 25.7 Å². The summed E-state index contributed by atoms with van der Waals surface area (Å²) in [5.41, 5.74) is -1.08. The third-order valence-electron chi connectivity index (χ3n) is 10.6. The van der Waals surface area contributed by atoms with Gasteiger partial charge in [0, 0.05) is 41.5 Å². The van der Waals surface area contributed by atoms with Gasteiger partial charge in [0.05, 0.1) is 54.0 Å². The SMILES string of the molecule is CC(C)(C)OC(=O)Nc1sc2c(F)cnc(-c3c4c(c5c(N6C7CCC6CN(C(=O)OC(C)(C)C)C7)nc(OCC6(CO)CC6)nc5c3F)COC4)c2c1C#N. The van der Waals surface area contributed by atoms with E-state index in [1.807, 2.05) is 20.8 Å².